The maximum absolute atomic E-state index is 13.5. The van der Waals surface area contributed by atoms with Crippen molar-refractivity contribution in [1.82, 2.24) is 0 Å². The molecule has 0 aliphatic rings. The Kier molecular flexibility index (Phi) is 5.39. The molecule has 5 heteroatoms. The third kappa shape index (κ3) is 4.33. The van der Waals surface area contributed by atoms with Gasteiger partial charge in [-0.15, -0.1) is 0 Å². The van der Waals surface area contributed by atoms with E-state index in [1.807, 2.05) is 36.4 Å². The molecule has 0 radical (unpaired) electrons. The lowest BCUT2D eigenvalue weighted by Gasteiger charge is -2.08. The van der Waals surface area contributed by atoms with E-state index < -0.39 is 24.3 Å². The number of ether oxygens (including phenoxy) is 1. The first-order valence-electron chi connectivity index (χ1n) is 8.00. The van der Waals surface area contributed by atoms with Gasteiger partial charge < -0.3 is 10.1 Å². The standard InChI is InChI=1S/C21H16FNO3/c22-18-10-4-2-7-16(18)12-13-21(25)26-14-20(24)23-19-11-5-8-15-6-1-3-9-17(15)19/h1-13H,14H2,(H,23,24)/b13-12+. The van der Waals surface area contributed by atoms with Crippen molar-refractivity contribution in [2.75, 3.05) is 11.9 Å². The van der Waals surface area contributed by atoms with Gasteiger partial charge in [0, 0.05) is 22.7 Å². The third-order valence-electron chi connectivity index (χ3n) is 3.71. The van der Waals surface area contributed by atoms with Crippen LogP contribution in [0.1, 0.15) is 5.56 Å². The van der Waals surface area contributed by atoms with E-state index in [9.17, 15) is 14.0 Å². The van der Waals surface area contributed by atoms with Crippen LogP contribution < -0.4 is 5.32 Å². The molecule has 0 unspecified atom stereocenters. The molecule has 1 amide bonds. The second-order valence-electron chi connectivity index (χ2n) is 5.54. The van der Waals surface area contributed by atoms with Gasteiger partial charge in [-0.2, -0.15) is 0 Å². The van der Waals surface area contributed by atoms with E-state index in [2.05, 4.69) is 5.32 Å². The maximum Gasteiger partial charge on any atom is 0.331 e. The lowest BCUT2D eigenvalue weighted by Crippen LogP contribution is -2.20. The Hall–Kier alpha value is -3.47. The van der Waals surface area contributed by atoms with Gasteiger partial charge in [-0.1, -0.05) is 54.6 Å². The molecule has 3 rings (SSSR count). The quantitative estimate of drug-likeness (QED) is 0.555. The fourth-order valence-electron chi connectivity index (χ4n) is 2.47. The monoisotopic (exact) mass is 349 g/mol. The highest BCUT2D eigenvalue weighted by atomic mass is 19.1. The summed E-state index contributed by atoms with van der Waals surface area (Å²) in [6.07, 6.45) is 2.39. The maximum atomic E-state index is 13.5. The van der Waals surface area contributed by atoms with Gasteiger partial charge in [-0.05, 0) is 23.6 Å². The van der Waals surface area contributed by atoms with E-state index in [4.69, 9.17) is 4.74 Å². The van der Waals surface area contributed by atoms with Crippen LogP contribution in [0.3, 0.4) is 0 Å². The van der Waals surface area contributed by atoms with Gasteiger partial charge in [0.05, 0.1) is 0 Å². The van der Waals surface area contributed by atoms with Gasteiger partial charge in [0.15, 0.2) is 6.61 Å². The Bertz CT molecular complexity index is 976. The van der Waals surface area contributed by atoms with Gasteiger partial charge in [0.1, 0.15) is 5.82 Å². The molecular weight excluding hydrogens is 333 g/mol. The number of rotatable bonds is 5. The molecular formula is C21H16FNO3. The summed E-state index contributed by atoms with van der Waals surface area (Å²) in [4.78, 5) is 23.7. The van der Waals surface area contributed by atoms with E-state index in [0.29, 0.717) is 5.69 Å². The zero-order valence-corrected chi connectivity index (χ0v) is 13.8. The van der Waals surface area contributed by atoms with E-state index in [0.717, 1.165) is 16.8 Å². The average molecular weight is 349 g/mol. The molecule has 1 N–H and O–H groups in total. The Labute approximate surface area is 149 Å². The second-order valence-corrected chi connectivity index (χ2v) is 5.54. The van der Waals surface area contributed by atoms with Crippen molar-refractivity contribution in [3.63, 3.8) is 0 Å². The first-order valence-corrected chi connectivity index (χ1v) is 8.00. The molecule has 0 aliphatic carbocycles. The van der Waals surface area contributed by atoms with Crippen molar-refractivity contribution in [2.45, 2.75) is 0 Å². The van der Waals surface area contributed by atoms with Gasteiger partial charge in [0.25, 0.3) is 5.91 Å². The number of hydrogen-bond acceptors (Lipinski definition) is 3. The Morgan fingerprint density at radius 2 is 1.69 bits per heavy atom. The van der Waals surface area contributed by atoms with Crippen molar-refractivity contribution < 1.29 is 18.7 Å². The molecule has 3 aromatic rings. The molecule has 0 heterocycles. The van der Waals surface area contributed by atoms with Crippen LogP contribution in [-0.2, 0) is 14.3 Å². The molecule has 0 spiro atoms. The number of halogens is 1. The van der Waals surface area contributed by atoms with Crippen LogP contribution >= 0.6 is 0 Å². The fourth-order valence-corrected chi connectivity index (χ4v) is 2.47. The highest BCUT2D eigenvalue weighted by molar-refractivity contribution is 6.03. The number of carbonyl (C=O) groups is 2. The Balaban J connectivity index is 1.57. The van der Waals surface area contributed by atoms with Crippen LogP contribution in [0.25, 0.3) is 16.8 Å². The second kappa shape index (κ2) is 8.07. The minimum absolute atomic E-state index is 0.268. The molecule has 0 saturated carbocycles. The topological polar surface area (TPSA) is 55.4 Å². The number of nitrogens with one attached hydrogen (secondary N) is 1. The third-order valence-corrected chi connectivity index (χ3v) is 3.71. The summed E-state index contributed by atoms with van der Waals surface area (Å²) in [6.45, 7) is -0.427. The molecule has 0 saturated heterocycles. The van der Waals surface area contributed by atoms with Crippen molar-refractivity contribution in [3.05, 3.63) is 84.2 Å². The summed E-state index contributed by atoms with van der Waals surface area (Å²) in [6, 6.07) is 19.2. The van der Waals surface area contributed by atoms with Crippen molar-refractivity contribution in [3.8, 4) is 0 Å². The van der Waals surface area contributed by atoms with Crippen molar-refractivity contribution in [2.24, 2.45) is 0 Å². The molecule has 0 atom stereocenters. The van der Waals surface area contributed by atoms with Crippen LogP contribution in [0, 0.1) is 5.82 Å². The number of anilines is 1. The van der Waals surface area contributed by atoms with Gasteiger partial charge >= 0.3 is 5.97 Å². The van der Waals surface area contributed by atoms with Crippen LogP contribution in [0.4, 0.5) is 10.1 Å². The Morgan fingerprint density at radius 1 is 0.962 bits per heavy atom. The smallest absolute Gasteiger partial charge is 0.331 e. The molecule has 0 aliphatic heterocycles. The Morgan fingerprint density at radius 3 is 2.54 bits per heavy atom. The molecule has 3 aromatic carbocycles. The average Bonchev–Trinajstić information content (AvgIpc) is 2.66. The van der Waals surface area contributed by atoms with E-state index in [-0.39, 0.29) is 5.56 Å². The van der Waals surface area contributed by atoms with Crippen molar-refractivity contribution in [1.29, 1.82) is 0 Å². The minimum Gasteiger partial charge on any atom is -0.452 e. The summed E-state index contributed by atoms with van der Waals surface area (Å²) >= 11 is 0. The van der Waals surface area contributed by atoms with Gasteiger partial charge in [0.2, 0.25) is 0 Å². The molecule has 130 valence electrons. The molecule has 26 heavy (non-hydrogen) atoms. The highest BCUT2D eigenvalue weighted by Crippen LogP contribution is 2.22. The predicted molar refractivity (Wildman–Crippen MR) is 99.0 cm³/mol. The molecule has 0 aromatic heterocycles. The zero-order chi connectivity index (χ0) is 18.4. The number of hydrogen-bond donors (Lipinski definition) is 1. The lowest BCUT2D eigenvalue weighted by molar-refractivity contribution is -0.142. The number of carbonyl (C=O) groups excluding carboxylic acids is 2. The van der Waals surface area contributed by atoms with Crippen LogP contribution in [0.15, 0.2) is 72.8 Å². The fraction of sp³-hybridized carbons (Fsp3) is 0.0476. The lowest BCUT2D eigenvalue weighted by atomic mass is 10.1. The summed E-state index contributed by atoms with van der Waals surface area (Å²) in [5.41, 5.74) is 0.913. The van der Waals surface area contributed by atoms with Crippen LogP contribution in [0.5, 0.6) is 0 Å². The summed E-state index contributed by atoms with van der Waals surface area (Å²) in [7, 11) is 0. The van der Waals surface area contributed by atoms with E-state index >= 15 is 0 Å². The van der Waals surface area contributed by atoms with Crippen LogP contribution in [-0.4, -0.2) is 18.5 Å². The number of amides is 1. The SMILES string of the molecule is O=C(COC(=O)/C=C/c1ccccc1F)Nc1cccc2ccccc12. The molecule has 4 nitrogen and oxygen atoms in total. The first kappa shape index (κ1) is 17.4. The van der Waals surface area contributed by atoms with Crippen LogP contribution in [0.2, 0.25) is 0 Å². The number of benzene rings is 3. The normalized spacial score (nSPS) is 10.8. The van der Waals surface area contributed by atoms with E-state index in [1.165, 1.54) is 18.2 Å². The minimum atomic E-state index is -0.721. The molecule has 0 fully saturated rings. The zero-order valence-electron chi connectivity index (χ0n) is 13.8. The predicted octanol–water partition coefficient (Wildman–Crippen LogP) is 4.17. The highest BCUT2D eigenvalue weighted by Gasteiger charge is 2.08. The number of esters is 1. The van der Waals surface area contributed by atoms with E-state index in [1.54, 1.807) is 18.2 Å². The number of fused-ring (bicyclic) bond motifs is 1. The van der Waals surface area contributed by atoms with Crippen molar-refractivity contribution >= 4 is 34.4 Å². The summed E-state index contributed by atoms with van der Waals surface area (Å²) in [5, 5.41) is 4.62. The molecule has 0 bridgehead atoms. The summed E-state index contributed by atoms with van der Waals surface area (Å²) < 4.78 is 18.3. The first-order chi connectivity index (χ1) is 12.6. The largest absolute Gasteiger partial charge is 0.452 e. The van der Waals surface area contributed by atoms with Gasteiger partial charge in [-0.3, -0.25) is 4.79 Å². The summed E-state index contributed by atoms with van der Waals surface area (Å²) in [5.74, 6) is -1.61. The van der Waals surface area contributed by atoms with Gasteiger partial charge in [-0.25, -0.2) is 9.18 Å².